The summed E-state index contributed by atoms with van der Waals surface area (Å²) in [5, 5.41) is 13.0. The predicted molar refractivity (Wildman–Crippen MR) is 81.4 cm³/mol. The van der Waals surface area contributed by atoms with Gasteiger partial charge in [0.2, 0.25) is 0 Å². The maximum absolute atomic E-state index is 9.63. The molecule has 114 valence electrons. The number of rotatable bonds is 8. The van der Waals surface area contributed by atoms with Gasteiger partial charge < -0.3 is 19.9 Å². The van der Waals surface area contributed by atoms with E-state index in [2.05, 4.69) is 19.2 Å². The summed E-state index contributed by atoms with van der Waals surface area (Å²) in [6, 6.07) is 6.27. The van der Waals surface area contributed by atoms with Crippen molar-refractivity contribution in [2.45, 2.75) is 59.4 Å². The highest BCUT2D eigenvalue weighted by molar-refractivity contribution is 5.46. The average Bonchev–Trinajstić information content (AvgIpc) is 2.38. The van der Waals surface area contributed by atoms with Gasteiger partial charge in [-0.15, -0.1) is 0 Å². The van der Waals surface area contributed by atoms with E-state index in [0.717, 1.165) is 17.1 Å². The fourth-order valence-corrected chi connectivity index (χ4v) is 1.70. The molecule has 4 heteroatoms. The van der Waals surface area contributed by atoms with Crippen LogP contribution in [0, 0.1) is 0 Å². The Labute approximate surface area is 122 Å². The molecule has 0 fully saturated rings. The van der Waals surface area contributed by atoms with Crippen LogP contribution in [0.25, 0.3) is 0 Å². The molecule has 0 aliphatic carbocycles. The molecule has 0 aliphatic rings. The van der Waals surface area contributed by atoms with Gasteiger partial charge in [-0.05, 0) is 26.8 Å². The minimum Gasteiger partial charge on any atom is -0.490 e. The monoisotopic (exact) mass is 281 g/mol. The Balaban J connectivity index is 2.99. The van der Waals surface area contributed by atoms with Gasteiger partial charge in [-0.3, -0.25) is 0 Å². The highest BCUT2D eigenvalue weighted by Crippen LogP contribution is 2.32. The number of aliphatic hydroxyl groups is 1. The van der Waals surface area contributed by atoms with E-state index in [1.165, 1.54) is 0 Å². The molecule has 2 N–H and O–H groups in total. The first-order valence-electron chi connectivity index (χ1n) is 7.28. The minimum absolute atomic E-state index is 0.283. The lowest BCUT2D eigenvalue weighted by atomic mass is 10.1. The molecule has 0 spiro atoms. The summed E-state index contributed by atoms with van der Waals surface area (Å²) in [5.74, 6) is 1.44. The summed E-state index contributed by atoms with van der Waals surface area (Å²) in [4.78, 5) is 0. The Morgan fingerprint density at radius 2 is 1.90 bits per heavy atom. The van der Waals surface area contributed by atoms with Crippen LogP contribution in [-0.2, 0) is 6.54 Å². The molecule has 2 unspecified atom stereocenters. The second-order valence-electron chi connectivity index (χ2n) is 5.28. The number of ether oxygens (including phenoxy) is 2. The molecule has 0 saturated heterocycles. The molecule has 0 saturated carbocycles. The molecular weight excluding hydrogens is 254 g/mol. The van der Waals surface area contributed by atoms with Crippen molar-refractivity contribution in [2.75, 3.05) is 6.61 Å². The lowest BCUT2D eigenvalue weighted by molar-refractivity contribution is 0.0575. The minimum atomic E-state index is -0.532. The van der Waals surface area contributed by atoms with Crippen LogP contribution in [0.5, 0.6) is 11.5 Å². The van der Waals surface area contributed by atoms with Gasteiger partial charge in [0.1, 0.15) is 6.10 Å². The first kappa shape index (κ1) is 16.8. The normalized spacial score (nSPS) is 14.2. The molecule has 4 nitrogen and oxygen atoms in total. The lowest BCUT2D eigenvalue weighted by Crippen LogP contribution is -2.27. The van der Waals surface area contributed by atoms with Crippen LogP contribution in [-0.4, -0.2) is 30.0 Å². The van der Waals surface area contributed by atoms with Gasteiger partial charge in [0, 0.05) is 18.2 Å². The van der Waals surface area contributed by atoms with Crippen molar-refractivity contribution >= 4 is 0 Å². The predicted octanol–water partition coefficient (Wildman–Crippen LogP) is 2.73. The Kier molecular flexibility index (Phi) is 6.82. The van der Waals surface area contributed by atoms with Crippen molar-refractivity contribution in [3.63, 3.8) is 0 Å². The number of benzene rings is 1. The summed E-state index contributed by atoms with van der Waals surface area (Å²) in [6.07, 6.45) is -0.815. The summed E-state index contributed by atoms with van der Waals surface area (Å²) in [6.45, 7) is 11.0. The SMILES string of the molecule is CCOc1cccc(CNC(C)C)c1OC(C)C(C)O. The van der Waals surface area contributed by atoms with E-state index in [1.807, 2.05) is 32.0 Å². The van der Waals surface area contributed by atoms with Crippen LogP contribution in [0.2, 0.25) is 0 Å². The number of aliphatic hydroxyl groups excluding tert-OH is 1. The zero-order chi connectivity index (χ0) is 15.1. The van der Waals surface area contributed by atoms with Gasteiger partial charge in [0.25, 0.3) is 0 Å². The third-order valence-electron chi connectivity index (χ3n) is 3.04. The van der Waals surface area contributed by atoms with Crippen molar-refractivity contribution in [2.24, 2.45) is 0 Å². The van der Waals surface area contributed by atoms with Crippen LogP contribution in [0.3, 0.4) is 0 Å². The first-order valence-corrected chi connectivity index (χ1v) is 7.28. The molecule has 1 aromatic carbocycles. The highest BCUT2D eigenvalue weighted by Gasteiger charge is 2.17. The van der Waals surface area contributed by atoms with Gasteiger partial charge >= 0.3 is 0 Å². The molecule has 20 heavy (non-hydrogen) atoms. The van der Waals surface area contributed by atoms with Crippen LogP contribution >= 0.6 is 0 Å². The highest BCUT2D eigenvalue weighted by atomic mass is 16.5. The van der Waals surface area contributed by atoms with Gasteiger partial charge in [0.05, 0.1) is 12.7 Å². The summed E-state index contributed by atoms with van der Waals surface area (Å²) < 4.78 is 11.5. The molecule has 0 amide bonds. The van der Waals surface area contributed by atoms with Crippen LogP contribution in [0.4, 0.5) is 0 Å². The van der Waals surface area contributed by atoms with Crippen molar-refractivity contribution in [1.82, 2.24) is 5.32 Å². The third-order valence-corrected chi connectivity index (χ3v) is 3.04. The largest absolute Gasteiger partial charge is 0.490 e. The smallest absolute Gasteiger partial charge is 0.166 e. The van der Waals surface area contributed by atoms with Crippen molar-refractivity contribution < 1.29 is 14.6 Å². The standard InChI is InChI=1S/C16H27NO3/c1-6-19-15-9-7-8-14(10-17-11(2)3)16(15)20-13(5)12(4)18/h7-9,11-13,17-18H,6,10H2,1-5H3. The van der Waals surface area contributed by atoms with Crippen LogP contribution in [0.15, 0.2) is 18.2 Å². The maximum Gasteiger partial charge on any atom is 0.166 e. The second-order valence-corrected chi connectivity index (χ2v) is 5.28. The van der Waals surface area contributed by atoms with E-state index in [1.54, 1.807) is 6.92 Å². The molecule has 0 bridgehead atoms. The van der Waals surface area contributed by atoms with Gasteiger partial charge in [-0.2, -0.15) is 0 Å². The summed E-state index contributed by atoms with van der Waals surface area (Å²) in [5.41, 5.74) is 1.04. The Morgan fingerprint density at radius 3 is 2.45 bits per heavy atom. The number of hydrogen-bond donors (Lipinski definition) is 2. The first-order chi connectivity index (χ1) is 9.45. The second kappa shape index (κ2) is 8.12. The molecule has 0 aliphatic heterocycles. The number of para-hydroxylation sites is 1. The Morgan fingerprint density at radius 1 is 1.20 bits per heavy atom. The summed E-state index contributed by atoms with van der Waals surface area (Å²) in [7, 11) is 0. The van der Waals surface area contributed by atoms with E-state index < -0.39 is 6.10 Å². The van der Waals surface area contributed by atoms with Crippen molar-refractivity contribution in [1.29, 1.82) is 0 Å². The van der Waals surface area contributed by atoms with Crippen molar-refractivity contribution in [3.8, 4) is 11.5 Å². The number of nitrogens with one attached hydrogen (secondary N) is 1. The quantitative estimate of drug-likeness (QED) is 0.769. The van der Waals surface area contributed by atoms with Gasteiger partial charge in [-0.1, -0.05) is 26.0 Å². The fourth-order valence-electron chi connectivity index (χ4n) is 1.70. The number of hydrogen-bond acceptors (Lipinski definition) is 4. The van der Waals surface area contributed by atoms with E-state index >= 15 is 0 Å². The van der Waals surface area contributed by atoms with E-state index in [-0.39, 0.29) is 6.10 Å². The Bertz CT molecular complexity index is 405. The zero-order valence-electron chi connectivity index (χ0n) is 13.1. The average molecular weight is 281 g/mol. The molecule has 0 radical (unpaired) electrons. The molecule has 1 aromatic rings. The van der Waals surface area contributed by atoms with Crippen LogP contribution < -0.4 is 14.8 Å². The third kappa shape index (κ3) is 5.02. The van der Waals surface area contributed by atoms with E-state index in [4.69, 9.17) is 9.47 Å². The van der Waals surface area contributed by atoms with E-state index in [9.17, 15) is 5.11 Å². The summed E-state index contributed by atoms with van der Waals surface area (Å²) >= 11 is 0. The molecule has 2 atom stereocenters. The lowest BCUT2D eigenvalue weighted by Gasteiger charge is -2.22. The fraction of sp³-hybridized carbons (Fsp3) is 0.625. The topological polar surface area (TPSA) is 50.7 Å². The maximum atomic E-state index is 9.63. The van der Waals surface area contributed by atoms with Crippen LogP contribution in [0.1, 0.15) is 40.2 Å². The molecule has 0 heterocycles. The van der Waals surface area contributed by atoms with Crippen molar-refractivity contribution in [3.05, 3.63) is 23.8 Å². The van der Waals surface area contributed by atoms with E-state index in [0.29, 0.717) is 19.2 Å². The van der Waals surface area contributed by atoms with Gasteiger partial charge in [-0.25, -0.2) is 0 Å². The molecular formula is C16H27NO3. The Hall–Kier alpha value is -1.26. The van der Waals surface area contributed by atoms with Gasteiger partial charge in [0.15, 0.2) is 11.5 Å². The molecule has 1 rings (SSSR count). The zero-order valence-corrected chi connectivity index (χ0v) is 13.1. The molecule has 0 aromatic heterocycles.